The van der Waals surface area contributed by atoms with Crippen LogP contribution in [0.25, 0.3) is 0 Å². The van der Waals surface area contributed by atoms with Gasteiger partial charge in [-0.15, -0.1) is 0 Å². The van der Waals surface area contributed by atoms with Crippen LogP contribution in [0.15, 0.2) is 12.1 Å². The van der Waals surface area contributed by atoms with Gasteiger partial charge in [0.05, 0.1) is 5.92 Å². The minimum atomic E-state index is -1.61. The van der Waals surface area contributed by atoms with Crippen molar-refractivity contribution < 1.29 is 22.8 Å². The van der Waals surface area contributed by atoms with Gasteiger partial charge in [-0.1, -0.05) is 15.9 Å². The van der Waals surface area contributed by atoms with Crippen molar-refractivity contribution >= 4 is 27.7 Å². The maximum absolute atomic E-state index is 13.0. The molecule has 0 bridgehead atoms. The van der Waals surface area contributed by atoms with Gasteiger partial charge < -0.3 is 0 Å². The minimum absolute atomic E-state index is 0.0911. The first kappa shape index (κ1) is 12.1. The zero-order valence-electron chi connectivity index (χ0n) is 8.14. The largest absolute Gasteiger partial charge is 0.295 e. The summed E-state index contributed by atoms with van der Waals surface area (Å²) in [6.45, 7) is 0. The summed E-state index contributed by atoms with van der Waals surface area (Å²) < 4.78 is 38.7. The first-order valence-corrected chi connectivity index (χ1v) is 5.46. The van der Waals surface area contributed by atoms with Gasteiger partial charge in [0.15, 0.2) is 17.5 Å². The summed E-state index contributed by atoms with van der Waals surface area (Å²) >= 11 is 2.94. The molecule has 1 aliphatic rings. The molecule has 0 radical (unpaired) electrons. The van der Waals surface area contributed by atoms with Crippen LogP contribution in [0.1, 0.15) is 11.5 Å². The third-order valence-corrected chi connectivity index (χ3v) is 3.38. The van der Waals surface area contributed by atoms with Gasteiger partial charge in [0.2, 0.25) is 11.8 Å². The number of carbonyl (C=O) groups excluding carboxylic acids is 2. The minimum Gasteiger partial charge on any atom is -0.295 e. The second-order valence-corrected chi connectivity index (χ2v) is 4.52. The molecule has 0 spiro atoms. The number of halogens is 4. The lowest BCUT2D eigenvalue weighted by Gasteiger charge is -2.10. The average Bonchev–Trinajstić information content (AvgIpc) is 2.49. The lowest BCUT2D eigenvalue weighted by molar-refractivity contribution is -0.125. The summed E-state index contributed by atoms with van der Waals surface area (Å²) in [4.78, 5) is 21.6. The number of nitrogens with one attached hydrogen (secondary N) is 1. The van der Waals surface area contributed by atoms with Crippen molar-refractivity contribution in [3.05, 3.63) is 35.1 Å². The molecule has 2 rings (SSSR count). The van der Waals surface area contributed by atoms with E-state index in [0.717, 1.165) is 0 Å². The fourth-order valence-electron chi connectivity index (χ4n) is 1.63. The van der Waals surface area contributed by atoms with Crippen molar-refractivity contribution in [2.45, 2.75) is 10.7 Å². The van der Waals surface area contributed by atoms with Crippen LogP contribution in [0.4, 0.5) is 13.2 Å². The molecule has 90 valence electrons. The summed E-state index contributed by atoms with van der Waals surface area (Å²) in [6, 6.07) is 1.41. The molecular weight excluding hydrogens is 303 g/mol. The Morgan fingerprint density at radius 3 is 2.00 bits per heavy atom. The van der Waals surface area contributed by atoms with E-state index in [9.17, 15) is 22.8 Å². The Bertz CT molecular complexity index is 497. The molecule has 3 nitrogen and oxygen atoms in total. The maximum atomic E-state index is 13.0. The Labute approximate surface area is 102 Å². The van der Waals surface area contributed by atoms with E-state index in [1.807, 2.05) is 5.32 Å². The molecule has 0 aromatic heterocycles. The number of hydrogen-bond donors (Lipinski definition) is 1. The van der Waals surface area contributed by atoms with Gasteiger partial charge in [0.25, 0.3) is 0 Å². The van der Waals surface area contributed by atoms with Gasteiger partial charge >= 0.3 is 0 Å². The normalized spacial score (nSPS) is 24.0. The highest BCUT2D eigenvalue weighted by Gasteiger charge is 2.41. The molecule has 1 aromatic rings. The van der Waals surface area contributed by atoms with E-state index >= 15 is 0 Å². The van der Waals surface area contributed by atoms with Crippen LogP contribution in [0.2, 0.25) is 0 Å². The quantitative estimate of drug-likeness (QED) is 0.487. The number of benzene rings is 1. The van der Waals surface area contributed by atoms with Gasteiger partial charge in [-0.2, -0.15) is 0 Å². The van der Waals surface area contributed by atoms with E-state index in [2.05, 4.69) is 15.9 Å². The highest BCUT2D eigenvalue weighted by molar-refractivity contribution is 9.10. The second kappa shape index (κ2) is 4.14. The number of hydrogen-bond acceptors (Lipinski definition) is 2. The van der Waals surface area contributed by atoms with Crippen LogP contribution in [0.5, 0.6) is 0 Å². The third kappa shape index (κ3) is 1.95. The van der Waals surface area contributed by atoms with Gasteiger partial charge in [-0.25, -0.2) is 13.2 Å². The molecule has 7 heteroatoms. The molecule has 17 heavy (non-hydrogen) atoms. The topological polar surface area (TPSA) is 46.2 Å². The molecule has 1 aliphatic heterocycles. The number of alkyl halides is 1. The average molecular weight is 308 g/mol. The van der Waals surface area contributed by atoms with Crippen LogP contribution in [0.3, 0.4) is 0 Å². The Hall–Kier alpha value is -1.37. The molecule has 0 aliphatic carbocycles. The van der Waals surface area contributed by atoms with Crippen LogP contribution >= 0.6 is 15.9 Å². The summed E-state index contributed by atoms with van der Waals surface area (Å²) in [5.41, 5.74) is -0.0911. The molecule has 0 saturated carbocycles. The van der Waals surface area contributed by atoms with Crippen LogP contribution < -0.4 is 5.32 Å². The fraction of sp³-hybridized carbons (Fsp3) is 0.200. The van der Waals surface area contributed by atoms with E-state index in [0.29, 0.717) is 12.1 Å². The smallest absolute Gasteiger partial charge is 0.241 e. The molecule has 2 unspecified atom stereocenters. The van der Waals surface area contributed by atoms with Crippen molar-refractivity contribution in [1.82, 2.24) is 5.32 Å². The van der Waals surface area contributed by atoms with E-state index < -0.39 is 40.0 Å². The van der Waals surface area contributed by atoms with E-state index in [4.69, 9.17) is 0 Å². The molecular formula is C10H5BrF3NO2. The Morgan fingerprint density at radius 2 is 1.59 bits per heavy atom. The molecule has 2 amide bonds. The molecule has 1 N–H and O–H groups in total. The van der Waals surface area contributed by atoms with Gasteiger partial charge in [-0.3, -0.25) is 14.9 Å². The first-order chi connectivity index (χ1) is 7.91. The van der Waals surface area contributed by atoms with E-state index in [1.165, 1.54) is 0 Å². The van der Waals surface area contributed by atoms with Gasteiger partial charge in [-0.05, 0) is 17.7 Å². The van der Waals surface area contributed by atoms with Crippen molar-refractivity contribution in [2.75, 3.05) is 0 Å². The Morgan fingerprint density at radius 1 is 1.06 bits per heavy atom. The molecule has 1 fully saturated rings. The molecule has 1 saturated heterocycles. The third-order valence-electron chi connectivity index (χ3n) is 2.44. The fourth-order valence-corrected chi connectivity index (χ4v) is 2.29. The van der Waals surface area contributed by atoms with Crippen LogP contribution in [-0.4, -0.2) is 16.6 Å². The summed E-state index contributed by atoms with van der Waals surface area (Å²) in [5, 5.41) is 2.01. The monoisotopic (exact) mass is 307 g/mol. The Balaban J connectivity index is 2.48. The highest BCUT2D eigenvalue weighted by Crippen LogP contribution is 2.31. The van der Waals surface area contributed by atoms with Crippen molar-refractivity contribution in [1.29, 1.82) is 0 Å². The summed E-state index contributed by atoms with van der Waals surface area (Å²) in [6.07, 6.45) is 0. The lowest BCUT2D eigenvalue weighted by Crippen LogP contribution is -2.22. The van der Waals surface area contributed by atoms with Gasteiger partial charge in [0, 0.05) is 0 Å². The van der Waals surface area contributed by atoms with Gasteiger partial charge in [0.1, 0.15) is 4.83 Å². The summed E-state index contributed by atoms with van der Waals surface area (Å²) in [7, 11) is 0. The number of amides is 2. The SMILES string of the molecule is O=C1NC(=O)C(c2cc(F)c(F)c(F)c2)C1Br. The number of imide groups is 1. The van der Waals surface area contributed by atoms with Crippen molar-refractivity contribution in [3.8, 4) is 0 Å². The second-order valence-electron chi connectivity index (χ2n) is 3.53. The first-order valence-electron chi connectivity index (χ1n) is 4.55. The predicted molar refractivity (Wildman–Crippen MR) is 54.9 cm³/mol. The zero-order chi connectivity index (χ0) is 12.7. The highest BCUT2D eigenvalue weighted by atomic mass is 79.9. The predicted octanol–water partition coefficient (Wildman–Crippen LogP) is 1.61. The zero-order valence-corrected chi connectivity index (χ0v) is 9.72. The summed E-state index contributed by atoms with van der Waals surface area (Å²) in [5.74, 6) is -6.73. The van der Waals surface area contributed by atoms with E-state index in [1.54, 1.807) is 0 Å². The standard InChI is InChI=1S/C10H5BrF3NO2/c11-7-6(9(16)15-10(7)17)3-1-4(12)8(14)5(13)2-3/h1-2,6-7H,(H,15,16,17). The van der Waals surface area contributed by atoms with Crippen molar-refractivity contribution in [3.63, 3.8) is 0 Å². The maximum Gasteiger partial charge on any atom is 0.241 e. The number of carbonyl (C=O) groups is 2. The molecule has 1 heterocycles. The number of rotatable bonds is 1. The van der Waals surface area contributed by atoms with E-state index in [-0.39, 0.29) is 5.56 Å². The van der Waals surface area contributed by atoms with Crippen LogP contribution in [-0.2, 0) is 9.59 Å². The Kier molecular flexibility index (Phi) is 2.94. The molecule has 2 atom stereocenters. The molecule has 1 aromatic carbocycles. The van der Waals surface area contributed by atoms with Crippen molar-refractivity contribution in [2.24, 2.45) is 0 Å². The lowest BCUT2D eigenvalue weighted by atomic mass is 9.97. The van der Waals surface area contributed by atoms with Crippen LogP contribution in [0, 0.1) is 17.5 Å².